The summed E-state index contributed by atoms with van der Waals surface area (Å²) in [6, 6.07) is 3.66. The van der Waals surface area contributed by atoms with E-state index in [1.165, 1.54) is 6.20 Å². The highest BCUT2D eigenvalue weighted by Crippen LogP contribution is 2.15. The molecule has 2 aromatic heterocycles. The molecule has 0 fully saturated rings. The highest BCUT2D eigenvalue weighted by molar-refractivity contribution is 7.09. The van der Waals surface area contributed by atoms with Crippen LogP contribution in [0.5, 0.6) is 5.75 Å². The van der Waals surface area contributed by atoms with E-state index < -0.39 is 0 Å². The van der Waals surface area contributed by atoms with E-state index in [0.717, 1.165) is 10.7 Å². The van der Waals surface area contributed by atoms with Crippen molar-refractivity contribution < 1.29 is 5.11 Å². The van der Waals surface area contributed by atoms with Crippen LogP contribution in [0.3, 0.4) is 0 Å². The van der Waals surface area contributed by atoms with E-state index >= 15 is 0 Å². The van der Waals surface area contributed by atoms with Crippen molar-refractivity contribution in [2.24, 2.45) is 0 Å². The minimum Gasteiger partial charge on any atom is -0.506 e. The summed E-state index contributed by atoms with van der Waals surface area (Å²) < 4.78 is 0. The van der Waals surface area contributed by atoms with E-state index in [-0.39, 0.29) is 11.8 Å². The van der Waals surface area contributed by atoms with Crippen molar-refractivity contribution in [3.05, 3.63) is 40.6 Å². The Morgan fingerprint density at radius 1 is 1.44 bits per heavy atom. The summed E-state index contributed by atoms with van der Waals surface area (Å²) in [4.78, 5) is 8.34. The van der Waals surface area contributed by atoms with E-state index in [1.807, 2.05) is 5.38 Å². The molecule has 0 saturated heterocycles. The molecule has 2 rings (SSSR count). The van der Waals surface area contributed by atoms with Gasteiger partial charge in [0.1, 0.15) is 10.8 Å². The molecule has 0 radical (unpaired) electrons. The molecule has 84 valence electrons. The average molecular weight is 235 g/mol. The first-order chi connectivity index (χ1) is 7.75. The summed E-state index contributed by atoms with van der Waals surface area (Å²) in [5.41, 5.74) is 0.904. The third-order valence-electron chi connectivity index (χ3n) is 2.22. The van der Waals surface area contributed by atoms with Gasteiger partial charge in [-0.05, 0) is 19.1 Å². The maximum absolute atomic E-state index is 9.09. The molecule has 0 aliphatic heterocycles. The molecular weight excluding hydrogens is 222 g/mol. The number of aromatic hydroxyl groups is 1. The Balaban J connectivity index is 1.90. The Labute approximate surface area is 98.0 Å². The molecule has 2 aromatic rings. The van der Waals surface area contributed by atoms with Crippen molar-refractivity contribution in [3.63, 3.8) is 0 Å². The van der Waals surface area contributed by atoms with E-state index in [1.54, 1.807) is 29.7 Å². The highest BCUT2D eigenvalue weighted by atomic mass is 32.1. The molecule has 0 bridgehead atoms. The van der Waals surface area contributed by atoms with Crippen LogP contribution in [0, 0.1) is 0 Å². The first kappa shape index (κ1) is 11.0. The fourth-order valence-electron chi connectivity index (χ4n) is 1.31. The summed E-state index contributed by atoms with van der Waals surface area (Å²) in [6.07, 6.45) is 3.25. The lowest BCUT2D eigenvalue weighted by Gasteiger charge is -2.10. The zero-order chi connectivity index (χ0) is 11.4. The van der Waals surface area contributed by atoms with Gasteiger partial charge in [-0.15, -0.1) is 11.3 Å². The van der Waals surface area contributed by atoms with E-state index in [9.17, 15) is 0 Å². The predicted molar refractivity (Wildman–Crippen MR) is 63.3 cm³/mol. The molecule has 5 heteroatoms. The summed E-state index contributed by atoms with van der Waals surface area (Å²) >= 11 is 1.63. The van der Waals surface area contributed by atoms with Gasteiger partial charge >= 0.3 is 0 Å². The van der Waals surface area contributed by atoms with Crippen LogP contribution in [0.1, 0.15) is 23.7 Å². The second kappa shape index (κ2) is 5.05. The quantitative estimate of drug-likeness (QED) is 0.852. The molecular formula is C11H13N3OS. The molecule has 2 N–H and O–H groups in total. The van der Waals surface area contributed by atoms with Gasteiger partial charge in [0.2, 0.25) is 0 Å². The molecule has 0 aliphatic carbocycles. The van der Waals surface area contributed by atoms with Gasteiger partial charge in [0, 0.05) is 18.1 Å². The number of aromatic nitrogens is 2. The third-order valence-corrected chi connectivity index (χ3v) is 3.18. The summed E-state index contributed by atoms with van der Waals surface area (Å²) in [5.74, 6) is 0.191. The first-order valence-electron chi connectivity index (χ1n) is 5.02. The maximum Gasteiger partial charge on any atom is 0.133 e. The van der Waals surface area contributed by atoms with Crippen LogP contribution in [-0.4, -0.2) is 15.1 Å². The summed E-state index contributed by atoms with van der Waals surface area (Å²) in [7, 11) is 0. The van der Waals surface area contributed by atoms with Crippen molar-refractivity contribution in [2.75, 3.05) is 0 Å². The highest BCUT2D eigenvalue weighted by Gasteiger charge is 2.07. The van der Waals surface area contributed by atoms with Crippen LogP contribution in [0.4, 0.5) is 0 Å². The van der Waals surface area contributed by atoms with Crippen molar-refractivity contribution in [1.29, 1.82) is 0 Å². The van der Waals surface area contributed by atoms with Crippen LogP contribution in [0.2, 0.25) is 0 Å². The lowest BCUT2D eigenvalue weighted by molar-refractivity contribution is 0.471. The van der Waals surface area contributed by atoms with Crippen LogP contribution in [0.25, 0.3) is 0 Å². The van der Waals surface area contributed by atoms with E-state index in [0.29, 0.717) is 6.54 Å². The molecule has 0 spiro atoms. The standard InChI is InChI=1S/C11H13N3OS/c1-8(11-12-4-5-16-11)13-6-9-2-3-10(15)7-14-9/h2-5,7-8,13,15H,6H2,1H3. The molecule has 1 atom stereocenters. The number of nitrogens with zero attached hydrogens (tertiary/aromatic N) is 2. The van der Waals surface area contributed by atoms with E-state index in [2.05, 4.69) is 22.2 Å². The number of pyridine rings is 1. The van der Waals surface area contributed by atoms with Gasteiger partial charge in [-0.3, -0.25) is 4.98 Å². The number of nitrogens with one attached hydrogen (secondary N) is 1. The van der Waals surface area contributed by atoms with Crippen LogP contribution in [-0.2, 0) is 6.54 Å². The smallest absolute Gasteiger partial charge is 0.133 e. The zero-order valence-corrected chi connectivity index (χ0v) is 9.74. The zero-order valence-electron chi connectivity index (χ0n) is 8.92. The summed E-state index contributed by atoms with van der Waals surface area (Å²) in [6.45, 7) is 2.74. The van der Waals surface area contributed by atoms with Crippen molar-refractivity contribution >= 4 is 11.3 Å². The van der Waals surface area contributed by atoms with E-state index in [4.69, 9.17) is 5.11 Å². The Bertz CT molecular complexity index is 427. The van der Waals surface area contributed by atoms with Crippen LogP contribution >= 0.6 is 11.3 Å². The van der Waals surface area contributed by atoms with Crippen LogP contribution in [0.15, 0.2) is 29.9 Å². The molecule has 1 unspecified atom stereocenters. The molecule has 16 heavy (non-hydrogen) atoms. The lowest BCUT2D eigenvalue weighted by atomic mass is 10.3. The summed E-state index contributed by atoms with van der Waals surface area (Å²) in [5, 5.41) is 15.5. The Kier molecular flexibility index (Phi) is 3.48. The van der Waals surface area contributed by atoms with Crippen molar-refractivity contribution in [2.45, 2.75) is 19.5 Å². The SMILES string of the molecule is CC(NCc1ccc(O)cn1)c1nccs1. The molecule has 2 heterocycles. The van der Waals surface area contributed by atoms with Gasteiger partial charge in [-0.2, -0.15) is 0 Å². The van der Waals surface area contributed by atoms with Gasteiger partial charge in [0.15, 0.2) is 0 Å². The second-order valence-electron chi connectivity index (χ2n) is 3.48. The second-order valence-corrected chi connectivity index (χ2v) is 4.41. The largest absolute Gasteiger partial charge is 0.506 e. The monoisotopic (exact) mass is 235 g/mol. The van der Waals surface area contributed by atoms with Crippen LogP contribution < -0.4 is 5.32 Å². The van der Waals surface area contributed by atoms with Gasteiger partial charge < -0.3 is 10.4 Å². The number of rotatable bonds is 4. The van der Waals surface area contributed by atoms with Crippen molar-refractivity contribution in [1.82, 2.24) is 15.3 Å². The van der Waals surface area contributed by atoms with Gasteiger partial charge in [-0.1, -0.05) is 0 Å². The molecule has 0 saturated carbocycles. The normalized spacial score (nSPS) is 12.6. The Morgan fingerprint density at radius 2 is 2.31 bits per heavy atom. The van der Waals surface area contributed by atoms with Gasteiger partial charge in [0.25, 0.3) is 0 Å². The van der Waals surface area contributed by atoms with Crippen molar-refractivity contribution in [3.8, 4) is 5.75 Å². The lowest BCUT2D eigenvalue weighted by Crippen LogP contribution is -2.18. The molecule has 0 aliphatic rings. The average Bonchev–Trinajstić information content (AvgIpc) is 2.81. The Hall–Kier alpha value is -1.46. The molecule has 0 aromatic carbocycles. The number of thiazole rings is 1. The minimum absolute atomic E-state index is 0.191. The predicted octanol–water partition coefficient (Wildman–Crippen LogP) is 2.09. The first-order valence-corrected chi connectivity index (χ1v) is 5.90. The minimum atomic E-state index is 0.191. The van der Waals surface area contributed by atoms with Gasteiger partial charge in [0.05, 0.1) is 17.9 Å². The maximum atomic E-state index is 9.09. The topological polar surface area (TPSA) is 58.0 Å². The van der Waals surface area contributed by atoms with Gasteiger partial charge in [-0.25, -0.2) is 4.98 Å². The molecule has 0 amide bonds. The Morgan fingerprint density at radius 3 is 2.94 bits per heavy atom. The number of hydrogen-bond acceptors (Lipinski definition) is 5. The fourth-order valence-corrected chi connectivity index (χ4v) is 1.98. The third kappa shape index (κ3) is 2.77. The number of hydrogen-bond donors (Lipinski definition) is 2. The fraction of sp³-hybridized carbons (Fsp3) is 0.273. The molecule has 4 nitrogen and oxygen atoms in total.